The van der Waals surface area contributed by atoms with Gasteiger partial charge in [0, 0.05) is 44.8 Å². The minimum atomic E-state index is -3.04. The lowest BCUT2D eigenvalue weighted by molar-refractivity contribution is -0.130. The van der Waals surface area contributed by atoms with Crippen LogP contribution in [-0.4, -0.2) is 69.4 Å². The summed E-state index contributed by atoms with van der Waals surface area (Å²) in [7, 11) is -1.03. The number of likely N-dealkylation sites (tertiary alicyclic amines) is 1. The molecule has 0 radical (unpaired) electrons. The van der Waals surface area contributed by atoms with E-state index in [1.54, 1.807) is 4.90 Å². The predicted octanol–water partition coefficient (Wildman–Crippen LogP) is 0.665. The summed E-state index contributed by atoms with van der Waals surface area (Å²) in [5.41, 5.74) is 1.13. The molecule has 0 saturated carbocycles. The number of nitrogens with zero attached hydrogens (tertiary/aromatic N) is 2. The number of carbonyl (C=O) groups excluding carboxylic acids is 2. The third-order valence-corrected chi connectivity index (χ3v) is 7.10. The normalized spacial score (nSPS) is 24.2. The predicted molar refractivity (Wildman–Crippen MR) is 104 cm³/mol. The van der Waals surface area contributed by atoms with Crippen LogP contribution < -0.4 is 10.2 Å². The molecule has 2 heterocycles. The van der Waals surface area contributed by atoms with Gasteiger partial charge in [0.2, 0.25) is 11.8 Å². The van der Waals surface area contributed by atoms with Crippen LogP contribution in [0.2, 0.25) is 0 Å². The van der Waals surface area contributed by atoms with Crippen LogP contribution in [0.25, 0.3) is 0 Å². The summed E-state index contributed by atoms with van der Waals surface area (Å²) >= 11 is 0. The Bertz CT molecular complexity index is 781. The summed E-state index contributed by atoms with van der Waals surface area (Å²) < 4.78 is 23.3. The van der Waals surface area contributed by atoms with Crippen LogP contribution in [0.15, 0.2) is 30.3 Å². The molecule has 0 aliphatic carbocycles. The molecule has 2 saturated heterocycles. The molecular weight excluding hydrogens is 366 g/mol. The third kappa shape index (κ3) is 5.00. The van der Waals surface area contributed by atoms with Crippen molar-refractivity contribution in [3.8, 4) is 0 Å². The topological polar surface area (TPSA) is 86.8 Å². The SMILES string of the molecule is CN(CCCNC(=O)[C@@H]1CC(=O)N([C@H]2CCS(=O)(=O)C2)C1)c1ccccc1. The van der Waals surface area contributed by atoms with Gasteiger partial charge in [-0.3, -0.25) is 9.59 Å². The van der Waals surface area contributed by atoms with Gasteiger partial charge in [0.05, 0.1) is 17.4 Å². The van der Waals surface area contributed by atoms with E-state index in [0.29, 0.717) is 19.5 Å². The van der Waals surface area contributed by atoms with Crippen molar-refractivity contribution in [1.82, 2.24) is 10.2 Å². The van der Waals surface area contributed by atoms with E-state index in [-0.39, 0.29) is 41.7 Å². The summed E-state index contributed by atoms with van der Waals surface area (Å²) in [5, 5.41) is 2.92. The van der Waals surface area contributed by atoms with Gasteiger partial charge < -0.3 is 15.1 Å². The molecule has 148 valence electrons. The molecule has 27 heavy (non-hydrogen) atoms. The van der Waals surface area contributed by atoms with E-state index in [1.165, 1.54) is 0 Å². The molecule has 2 atom stereocenters. The molecule has 0 spiro atoms. The lowest BCUT2D eigenvalue weighted by Crippen LogP contribution is -2.39. The van der Waals surface area contributed by atoms with E-state index in [2.05, 4.69) is 10.2 Å². The van der Waals surface area contributed by atoms with E-state index in [0.717, 1.165) is 18.7 Å². The van der Waals surface area contributed by atoms with Gasteiger partial charge in [-0.2, -0.15) is 0 Å². The summed E-state index contributed by atoms with van der Waals surface area (Å²) in [6, 6.07) is 9.78. The van der Waals surface area contributed by atoms with E-state index in [1.807, 2.05) is 37.4 Å². The van der Waals surface area contributed by atoms with Crippen molar-refractivity contribution < 1.29 is 18.0 Å². The number of hydrogen-bond acceptors (Lipinski definition) is 5. The maximum Gasteiger partial charge on any atom is 0.225 e. The number of nitrogens with one attached hydrogen (secondary N) is 1. The van der Waals surface area contributed by atoms with Crippen molar-refractivity contribution in [1.29, 1.82) is 0 Å². The monoisotopic (exact) mass is 393 g/mol. The highest BCUT2D eigenvalue weighted by molar-refractivity contribution is 7.91. The van der Waals surface area contributed by atoms with Crippen molar-refractivity contribution in [2.75, 3.05) is 43.1 Å². The zero-order valence-electron chi connectivity index (χ0n) is 15.6. The van der Waals surface area contributed by atoms with Crippen LogP contribution in [-0.2, 0) is 19.4 Å². The minimum Gasteiger partial charge on any atom is -0.375 e. The molecule has 2 aliphatic rings. The molecular formula is C19H27N3O4S. The molecule has 0 aromatic heterocycles. The number of benzene rings is 1. The molecule has 2 fully saturated rings. The summed E-state index contributed by atoms with van der Waals surface area (Å²) in [4.78, 5) is 28.3. The van der Waals surface area contributed by atoms with Gasteiger partial charge in [-0.05, 0) is 25.0 Å². The number of anilines is 1. The number of para-hydroxylation sites is 1. The molecule has 0 unspecified atom stereocenters. The van der Waals surface area contributed by atoms with Crippen molar-refractivity contribution in [2.24, 2.45) is 5.92 Å². The van der Waals surface area contributed by atoms with Crippen molar-refractivity contribution in [2.45, 2.75) is 25.3 Å². The standard InChI is InChI=1S/C19H27N3O4S/c1-21(16-6-3-2-4-7-16)10-5-9-20-19(24)15-12-18(23)22(13-15)17-8-11-27(25,26)14-17/h2-4,6-7,15,17H,5,8-14H2,1H3,(H,20,24)/t15-,17+/m1/s1. The second kappa shape index (κ2) is 8.29. The fourth-order valence-electron chi connectivity index (χ4n) is 3.77. The fraction of sp³-hybridized carbons (Fsp3) is 0.579. The number of rotatable bonds is 7. The first-order valence-corrected chi connectivity index (χ1v) is 11.2. The zero-order valence-corrected chi connectivity index (χ0v) is 16.5. The first kappa shape index (κ1) is 19.7. The maximum atomic E-state index is 12.4. The Morgan fingerprint density at radius 2 is 2.04 bits per heavy atom. The molecule has 0 bridgehead atoms. The summed E-state index contributed by atoms with van der Waals surface area (Å²) in [6.45, 7) is 1.70. The van der Waals surface area contributed by atoms with Gasteiger partial charge in [-0.15, -0.1) is 0 Å². The van der Waals surface area contributed by atoms with Gasteiger partial charge in [0.15, 0.2) is 9.84 Å². The molecule has 1 aromatic rings. The Balaban J connectivity index is 1.41. The Morgan fingerprint density at radius 1 is 1.30 bits per heavy atom. The van der Waals surface area contributed by atoms with E-state index in [9.17, 15) is 18.0 Å². The fourth-order valence-corrected chi connectivity index (χ4v) is 5.50. The first-order chi connectivity index (χ1) is 12.9. The van der Waals surface area contributed by atoms with Crippen LogP contribution in [0.5, 0.6) is 0 Å². The van der Waals surface area contributed by atoms with Gasteiger partial charge in [0.1, 0.15) is 0 Å². The van der Waals surface area contributed by atoms with Gasteiger partial charge in [-0.1, -0.05) is 18.2 Å². The number of sulfone groups is 1. The molecule has 7 nitrogen and oxygen atoms in total. The Morgan fingerprint density at radius 3 is 2.70 bits per heavy atom. The molecule has 1 N–H and O–H groups in total. The van der Waals surface area contributed by atoms with Crippen LogP contribution in [0.4, 0.5) is 5.69 Å². The smallest absolute Gasteiger partial charge is 0.225 e. The highest BCUT2D eigenvalue weighted by Gasteiger charge is 2.41. The Kier molecular flexibility index (Phi) is 6.04. The third-order valence-electron chi connectivity index (χ3n) is 5.34. The summed E-state index contributed by atoms with van der Waals surface area (Å²) in [6.07, 6.45) is 1.46. The molecule has 3 rings (SSSR count). The minimum absolute atomic E-state index is 0.0267. The van der Waals surface area contributed by atoms with E-state index in [4.69, 9.17) is 0 Å². The van der Waals surface area contributed by atoms with Gasteiger partial charge in [0.25, 0.3) is 0 Å². The van der Waals surface area contributed by atoms with Crippen molar-refractivity contribution >= 4 is 27.3 Å². The van der Waals surface area contributed by atoms with Gasteiger partial charge in [-0.25, -0.2) is 8.42 Å². The molecule has 2 aliphatic heterocycles. The summed E-state index contributed by atoms with van der Waals surface area (Å²) in [5.74, 6) is -0.450. The average Bonchev–Trinajstić information content (AvgIpc) is 3.21. The van der Waals surface area contributed by atoms with Crippen LogP contribution >= 0.6 is 0 Å². The van der Waals surface area contributed by atoms with Crippen LogP contribution in [0.1, 0.15) is 19.3 Å². The second-order valence-electron chi connectivity index (χ2n) is 7.41. The first-order valence-electron chi connectivity index (χ1n) is 9.39. The average molecular weight is 394 g/mol. The molecule has 2 amide bonds. The van der Waals surface area contributed by atoms with Crippen molar-refractivity contribution in [3.05, 3.63) is 30.3 Å². The van der Waals surface area contributed by atoms with E-state index < -0.39 is 9.84 Å². The highest BCUT2D eigenvalue weighted by atomic mass is 32.2. The number of carbonyl (C=O) groups is 2. The number of amides is 2. The van der Waals surface area contributed by atoms with Crippen LogP contribution in [0, 0.1) is 5.92 Å². The van der Waals surface area contributed by atoms with Crippen molar-refractivity contribution in [3.63, 3.8) is 0 Å². The largest absolute Gasteiger partial charge is 0.375 e. The molecule has 8 heteroatoms. The Hall–Kier alpha value is -2.09. The van der Waals surface area contributed by atoms with Gasteiger partial charge >= 0.3 is 0 Å². The lowest BCUT2D eigenvalue weighted by Gasteiger charge is -2.23. The maximum absolute atomic E-state index is 12.4. The zero-order chi connectivity index (χ0) is 19.4. The lowest BCUT2D eigenvalue weighted by atomic mass is 10.1. The highest BCUT2D eigenvalue weighted by Crippen LogP contribution is 2.26. The Labute approximate surface area is 160 Å². The number of hydrogen-bond donors (Lipinski definition) is 1. The second-order valence-corrected chi connectivity index (χ2v) is 9.63. The van der Waals surface area contributed by atoms with Crippen LogP contribution in [0.3, 0.4) is 0 Å². The quantitative estimate of drug-likeness (QED) is 0.688. The van der Waals surface area contributed by atoms with E-state index >= 15 is 0 Å². The molecule has 1 aromatic carbocycles.